The van der Waals surface area contributed by atoms with Gasteiger partial charge in [-0.2, -0.15) is 0 Å². The molecule has 0 fully saturated rings. The Hall–Kier alpha value is -2.60. The number of carboxylic acid groups (broad SMARTS) is 1. The standard InChI is InChI=1S/C16H14ClN3O3/c1-8(16(22)23)12-10-7-9(17)3-4-11(10)19-13(12)14(21)15-18-5-6-20(15)2/h3-8,19H,1-2H3,(H,22,23). The van der Waals surface area contributed by atoms with Gasteiger partial charge >= 0.3 is 5.97 Å². The molecule has 7 heteroatoms. The molecule has 2 heterocycles. The molecule has 2 N–H and O–H groups in total. The van der Waals surface area contributed by atoms with Crippen LogP contribution in [0.5, 0.6) is 0 Å². The number of carbonyl (C=O) groups is 2. The SMILES string of the molecule is CC(C(=O)O)c1c(C(=O)c2nccn2C)[nH]c2ccc(Cl)cc12. The largest absolute Gasteiger partial charge is 0.481 e. The van der Waals surface area contributed by atoms with Crippen LogP contribution in [-0.2, 0) is 11.8 Å². The smallest absolute Gasteiger partial charge is 0.310 e. The summed E-state index contributed by atoms with van der Waals surface area (Å²) in [5.74, 6) is -1.99. The maximum atomic E-state index is 12.8. The fourth-order valence-electron chi connectivity index (χ4n) is 2.63. The second-order valence-corrected chi connectivity index (χ2v) is 5.79. The van der Waals surface area contributed by atoms with Crippen LogP contribution in [0.3, 0.4) is 0 Å². The minimum atomic E-state index is -1.01. The van der Waals surface area contributed by atoms with Crippen LogP contribution in [0.1, 0.15) is 34.7 Å². The summed E-state index contributed by atoms with van der Waals surface area (Å²) in [6, 6.07) is 5.08. The van der Waals surface area contributed by atoms with Crippen molar-refractivity contribution in [1.29, 1.82) is 0 Å². The second kappa shape index (κ2) is 5.55. The highest BCUT2D eigenvalue weighted by atomic mass is 35.5. The Balaban J connectivity index is 2.27. The number of nitrogens with one attached hydrogen (secondary N) is 1. The molecule has 1 atom stereocenters. The topological polar surface area (TPSA) is 88.0 Å². The highest BCUT2D eigenvalue weighted by Gasteiger charge is 2.28. The van der Waals surface area contributed by atoms with Crippen molar-refractivity contribution < 1.29 is 14.7 Å². The summed E-state index contributed by atoms with van der Waals surface area (Å²) in [5, 5.41) is 10.5. The first-order chi connectivity index (χ1) is 10.9. The van der Waals surface area contributed by atoms with Gasteiger partial charge < -0.3 is 14.7 Å². The van der Waals surface area contributed by atoms with Gasteiger partial charge in [0.15, 0.2) is 5.82 Å². The second-order valence-electron chi connectivity index (χ2n) is 5.35. The van der Waals surface area contributed by atoms with Crippen molar-refractivity contribution in [3.8, 4) is 0 Å². The molecule has 2 aromatic heterocycles. The van der Waals surface area contributed by atoms with Gasteiger partial charge in [-0.3, -0.25) is 9.59 Å². The molecule has 0 radical (unpaired) electrons. The lowest BCUT2D eigenvalue weighted by Crippen LogP contribution is -2.15. The van der Waals surface area contributed by atoms with Gasteiger partial charge in [0.2, 0.25) is 5.78 Å². The van der Waals surface area contributed by atoms with E-state index in [0.717, 1.165) is 0 Å². The first-order valence-corrected chi connectivity index (χ1v) is 7.34. The number of aromatic amines is 1. The molecule has 0 saturated heterocycles. The minimum absolute atomic E-state index is 0.228. The molecule has 23 heavy (non-hydrogen) atoms. The van der Waals surface area contributed by atoms with Crippen LogP contribution in [-0.4, -0.2) is 31.4 Å². The highest BCUT2D eigenvalue weighted by Crippen LogP contribution is 2.32. The molecule has 118 valence electrons. The Bertz CT molecular complexity index is 926. The average molecular weight is 332 g/mol. The number of H-pyrrole nitrogens is 1. The average Bonchev–Trinajstić information content (AvgIpc) is 3.08. The van der Waals surface area contributed by atoms with Crippen LogP contribution in [0.2, 0.25) is 5.02 Å². The molecule has 6 nitrogen and oxygen atoms in total. The van der Waals surface area contributed by atoms with E-state index < -0.39 is 11.9 Å². The monoisotopic (exact) mass is 331 g/mol. The Kier molecular flexibility index (Phi) is 3.69. The van der Waals surface area contributed by atoms with Gasteiger partial charge in [0.25, 0.3) is 0 Å². The molecule has 1 aromatic carbocycles. The van der Waals surface area contributed by atoms with E-state index in [-0.39, 0.29) is 17.3 Å². The number of hydrogen-bond donors (Lipinski definition) is 2. The van der Waals surface area contributed by atoms with Gasteiger partial charge in [0.05, 0.1) is 11.6 Å². The predicted molar refractivity (Wildman–Crippen MR) is 86.0 cm³/mol. The third kappa shape index (κ3) is 2.51. The maximum Gasteiger partial charge on any atom is 0.310 e. The molecule has 0 aliphatic carbocycles. The van der Waals surface area contributed by atoms with E-state index in [0.29, 0.717) is 21.5 Å². The van der Waals surface area contributed by atoms with Crippen LogP contribution < -0.4 is 0 Å². The molecule has 3 aromatic rings. The lowest BCUT2D eigenvalue weighted by Gasteiger charge is -2.08. The fraction of sp³-hybridized carbons (Fsp3) is 0.188. The van der Waals surface area contributed by atoms with E-state index in [2.05, 4.69) is 9.97 Å². The van der Waals surface area contributed by atoms with Gasteiger partial charge in [-0.1, -0.05) is 11.6 Å². The van der Waals surface area contributed by atoms with Crippen LogP contribution >= 0.6 is 11.6 Å². The molecule has 0 aliphatic rings. The van der Waals surface area contributed by atoms with Crippen molar-refractivity contribution in [3.05, 3.63) is 52.7 Å². The number of imidazole rings is 1. The number of benzene rings is 1. The Morgan fingerprint density at radius 2 is 2.13 bits per heavy atom. The molecule has 0 amide bonds. The van der Waals surface area contributed by atoms with Crippen LogP contribution in [0.25, 0.3) is 10.9 Å². The number of aliphatic carboxylic acids is 1. The number of hydrogen-bond acceptors (Lipinski definition) is 3. The number of nitrogens with zero attached hydrogens (tertiary/aromatic N) is 2. The number of halogens is 1. The van der Waals surface area contributed by atoms with Gasteiger partial charge in [-0.15, -0.1) is 0 Å². The van der Waals surface area contributed by atoms with E-state index in [1.807, 2.05) is 0 Å². The van der Waals surface area contributed by atoms with Crippen molar-refractivity contribution >= 4 is 34.3 Å². The Labute approximate surface area is 136 Å². The maximum absolute atomic E-state index is 12.8. The third-order valence-corrected chi connectivity index (χ3v) is 4.09. The Morgan fingerprint density at radius 3 is 2.74 bits per heavy atom. The van der Waals surface area contributed by atoms with Crippen molar-refractivity contribution in [2.75, 3.05) is 0 Å². The summed E-state index contributed by atoms with van der Waals surface area (Å²) in [5.41, 5.74) is 1.31. The number of ketones is 1. The zero-order valence-corrected chi connectivity index (χ0v) is 13.3. The molecule has 0 bridgehead atoms. The van der Waals surface area contributed by atoms with Gasteiger partial charge in [-0.05, 0) is 25.1 Å². The summed E-state index contributed by atoms with van der Waals surface area (Å²) in [6.07, 6.45) is 3.18. The van der Waals surface area contributed by atoms with E-state index >= 15 is 0 Å². The van der Waals surface area contributed by atoms with E-state index in [9.17, 15) is 14.7 Å². The zero-order chi connectivity index (χ0) is 16.7. The van der Waals surface area contributed by atoms with E-state index in [4.69, 9.17) is 11.6 Å². The molecule has 0 spiro atoms. The number of carbonyl (C=O) groups excluding carboxylic acids is 1. The normalized spacial score (nSPS) is 12.5. The first kappa shape index (κ1) is 15.3. The number of aryl methyl sites for hydroxylation is 1. The van der Waals surface area contributed by atoms with E-state index in [1.54, 1.807) is 42.9 Å². The van der Waals surface area contributed by atoms with Gasteiger partial charge in [0.1, 0.15) is 0 Å². The summed E-state index contributed by atoms with van der Waals surface area (Å²) in [6.45, 7) is 1.54. The summed E-state index contributed by atoms with van der Waals surface area (Å²) >= 11 is 6.03. The molecule has 0 aliphatic heterocycles. The van der Waals surface area contributed by atoms with Crippen molar-refractivity contribution in [1.82, 2.24) is 14.5 Å². The van der Waals surface area contributed by atoms with Gasteiger partial charge in [-0.25, -0.2) is 4.98 Å². The molecule has 1 unspecified atom stereocenters. The Morgan fingerprint density at radius 1 is 1.39 bits per heavy atom. The summed E-state index contributed by atoms with van der Waals surface area (Å²) < 4.78 is 1.59. The van der Waals surface area contributed by atoms with Gasteiger partial charge in [0, 0.05) is 40.9 Å². The quantitative estimate of drug-likeness (QED) is 0.719. The summed E-state index contributed by atoms with van der Waals surface area (Å²) in [7, 11) is 1.71. The fourth-order valence-corrected chi connectivity index (χ4v) is 2.81. The van der Waals surface area contributed by atoms with Crippen LogP contribution in [0, 0.1) is 0 Å². The molecule has 3 rings (SSSR count). The lowest BCUT2D eigenvalue weighted by molar-refractivity contribution is -0.138. The molecular formula is C16H14ClN3O3. The van der Waals surface area contributed by atoms with Crippen LogP contribution in [0.15, 0.2) is 30.6 Å². The number of fused-ring (bicyclic) bond motifs is 1. The van der Waals surface area contributed by atoms with Crippen molar-refractivity contribution in [2.45, 2.75) is 12.8 Å². The predicted octanol–water partition coefficient (Wildman–Crippen LogP) is 2.97. The molecular weight excluding hydrogens is 318 g/mol. The highest BCUT2D eigenvalue weighted by molar-refractivity contribution is 6.31. The third-order valence-electron chi connectivity index (χ3n) is 3.86. The van der Waals surface area contributed by atoms with Crippen molar-refractivity contribution in [2.24, 2.45) is 7.05 Å². The van der Waals surface area contributed by atoms with Crippen LogP contribution in [0.4, 0.5) is 0 Å². The number of aromatic nitrogens is 3. The minimum Gasteiger partial charge on any atom is -0.481 e. The lowest BCUT2D eigenvalue weighted by atomic mass is 9.96. The molecule has 0 saturated carbocycles. The zero-order valence-electron chi connectivity index (χ0n) is 12.5. The van der Waals surface area contributed by atoms with Crippen molar-refractivity contribution in [3.63, 3.8) is 0 Å². The van der Waals surface area contributed by atoms with E-state index in [1.165, 1.54) is 6.20 Å². The number of carboxylic acids is 1. The number of rotatable bonds is 4. The first-order valence-electron chi connectivity index (χ1n) is 6.96. The summed E-state index contributed by atoms with van der Waals surface area (Å²) in [4.78, 5) is 31.3.